The van der Waals surface area contributed by atoms with Gasteiger partial charge in [-0.1, -0.05) is 70.3 Å². The quantitative estimate of drug-likeness (QED) is 0.283. The third-order valence-corrected chi connectivity index (χ3v) is 8.91. The molecule has 0 aromatic heterocycles. The average molecular weight is 635 g/mol. The standard InChI is InChI=1S/C29H33BrClN3O4S/c1-5-21(3)32-29(36)22(4)33(18-23-8-6-9-24(30)16-23)28(35)19-34(26-11-7-10-25(31)17-26)39(37,38)27-14-12-20(2)13-15-27/h6-17,21-22H,5,18-19H2,1-4H3,(H,32,36). The highest BCUT2D eigenvalue weighted by molar-refractivity contribution is 9.10. The van der Waals surface area contributed by atoms with E-state index in [-0.39, 0.29) is 29.1 Å². The summed E-state index contributed by atoms with van der Waals surface area (Å²) < 4.78 is 29.5. The molecule has 3 aromatic rings. The van der Waals surface area contributed by atoms with Crippen LogP contribution in [0.1, 0.15) is 38.3 Å². The number of benzene rings is 3. The lowest BCUT2D eigenvalue weighted by Gasteiger charge is -2.32. The number of nitrogens with zero attached hydrogens (tertiary/aromatic N) is 2. The van der Waals surface area contributed by atoms with E-state index in [0.717, 1.165) is 26.3 Å². The molecule has 3 rings (SSSR count). The van der Waals surface area contributed by atoms with Crippen molar-refractivity contribution in [3.63, 3.8) is 0 Å². The molecule has 0 fully saturated rings. The summed E-state index contributed by atoms with van der Waals surface area (Å²) >= 11 is 9.66. The molecule has 0 aliphatic heterocycles. The van der Waals surface area contributed by atoms with Crippen molar-refractivity contribution in [2.75, 3.05) is 10.8 Å². The Morgan fingerprint density at radius 3 is 2.28 bits per heavy atom. The second-order valence-electron chi connectivity index (χ2n) is 9.45. The fourth-order valence-corrected chi connectivity index (χ4v) is 5.91. The molecule has 0 saturated heterocycles. The Labute approximate surface area is 244 Å². The number of amides is 2. The topological polar surface area (TPSA) is 86.8 Å². The van der Waals surface area contributed by atoms with Crippen LogP contribution < -0.4 is 9.62 Å². The maximum atomic E-state index is 13.9. The summed E-state index contributed by atoms with van der Waals surface area (Å²) in [6.45, 7) is 6.94. The first-order chi connectivity index (χ1) is 18.4. The summed E-state index contributed by atoms with van der Waals surface area (Å²) in [5, 5.41) is 3.25. The van der Waals surface area contributed by atoms with Crippen LogP contribution in [-0.2, 0) is 26.2 Å². The molecule has 0 saturated carbocycles. The normalized spacial score (nSPS) is 12.9. The van der Waals surface area contributed by atoms with Gasteiger partial charge in [-0.05, 0) is 75.2 Å². The lowest BCUT2D eigenvalue weighted by molar-refractivity contribution is -0.139. The minimum atomic E-state index is -4.15. The molecule has 0 aliphatic rings. The zero-order valence-electron chi connectivity index (χ0n) is 22.4. The van der Waals surface area contributed by atoms with Gasteiger partial charge in [0.2, 0.25) is 11.8 Å². The van der Waals surface area contributed by atoms with E-state index in [2.05, 4.69) is 21.2 Å². The molecule has 39 heavy (non-hydrogen) atoms. The number of hydrogen-bond donors (Lipinski definition) is 1. The fourth-order valence-electron chi connectivity index (χ4n) is 3.88. The Morgan fingerprint density at radius 2 is 1.67 bits per heavy atom. The summed E-state index contributed by atoms with van der Waals surface area (Å²) in [5.74, 6) is -0.846. The third kappa shape index (κ3) is 8.06. The molecule has 1 N–H and O–H groups in total. The van der Waals surface area contributed by atoms with Gasteiger partial charge in [-0.3, -0.25) is 13.9 Å². The number of rotatable bonds is 11. The molecule has 2 atom stereocenters. The van der Waals surface area contributed by atoms with Crippen molar-refractivity contribution in [1.29, 1.82) is 0 Å². The third-order valence-electron chi connectivity index (χ3n) is 6.39. The van der Waals surface area contributed by atoms with E-state index in [0.29, 0.717) is 5.02 Å². The smallest absolute Gasteiger partial charge is 0.264 e. The SMILES string of the molecule is CCC(C)NC(=O)C(C)N(Cc1cccc(Br)c1)C(=O)CN(c1cccc(Cl)c1)S(=O)(=O)c1ccc(C)cc1. The number of halogens is 2. The fraction of sp³-hybridized carbons (Fsp3) is 0.310. The predicted molar refractivity (Wildman–Crippen MR) is 159 cm³/mol. The second-order valence-corrected chi connectivity index (χ2v) is 12.7. The Balaban J connectivity index is 2.03. The summed E-state index contributed by atoms with van der Waals surface area (Å²) in [7, 11) is -4.15. The summed E-state index contributed by atoms with van der Waals surface area (Å²) in [6, 6.07) is 19.2. The van der Waals surface area contributed by atoms with Crippen LogP contribution in [0.3, 0.4) is 0 Å². The van der Waals surface area contributed by atoms with Crippen LogP contribution >= 0.6 is 27.5 Å². The first-order valence-electron chi connectivity index (χ1n) is 12.6. The number of carbonyl (C=O) groups is 2. The first-order valence-corrected chi connectivity index (χ1v) is 15.2. The van der Waals surface area contributed by atoms with Gasteiger partial charge in [0.15, 0.2) is 0 Å². The van der Waals surface area contributed by atoms with Crippen LogP contribution in [0.2, 0.25) is 5.02 Å². The van der Waals surface area contributed by atoms with Crippen molar-refractivity contribution in [3.8, 4) is 0 Å². The molecule has 0 heterocycles. The molecule has 0 bridgehead atoms. The van der Waals surface area contributed by atoms with E-state index in [9.17, 15) is 18.0 Å². The molecule has 2 amide bonds. The Hall–Kier alpha value is -2.88. The molecule has 0 aliphatic carbocycles. The molecule has 2 unspecified atom stereocenters. The summed E-state index contributed by atoms with van der Waals surface area (Å²) in [4.78, 5) is 28.5. The van der Waals surface area contributed by atoms with E-state index in [1.54, 1.807) is 37.3 Å². The highest BCUT2D eigenvalue weighted by Gasteiger charge is 2.33. The van der Waals surface area contributed by atoms with Gasteiger partial charge in [-0.2, -0.15) is 0 Å². The van der Waals surface area contributed by atoms with Gasteiger partial charge in [-0.15, -0.1) is 0 Å². The van der Waals surface area contributed by atoms with E-state index in [1.165, 1.54) is 23.1 Å². The zero-order valence-corrected chi connectivity index (χ0v) is 25.6. The summed E-state index contributed by atoms with van der Waals surface area (Å²) in [5.41, 5.74) is 1.94. The first kappa shape index (κ1) is 30.7. The van der Waals surface area contributed by atoms with Gasteiger partial charge < -0.3 is 10.2 Å². The number of anilines is 1. The second kappa shape index (κ2) is 13.5. The molecule has 3 aromatic carbocycles. The Kier molecular flexibility index (Phi) is 10.6. The monoisotopic (exact) mass is 633 g/mol. The van der Waals surface area contributed by atoms with Gasteiger partial charge in [0.1, 0.15) is 12.6 Å². The van der Waals surface area contributed by atoms with Gasteiger partial charge >= 0.3 is 0 Å². The van der Waals surface area contributed by atoms with E-state index in [4.69, 9.17) is 11.6 Å². The lowest BCUT2D eigenvalue weighted by atomic mass is 10.1. The molecular weight excluding hydrogens is 602 g/mol. The molecule has 10 heteroatoms. The maximum Gasteiger partial charge on any atom is 0.264 e. The number of nitrogens with one attached hydrogen (secondary N) is 1. The van der Waals surface area contributed by atoms with Crippen molar-refractivity contribution < 1.29 is 18.0 Å². The van der Waals surface area contributed by atoms with Crippen molar-refractivity contribution in [2.45, 2.75) is 57.6 Å². The van der Waals surface area contributed by atoms with Gasteiger partial charge in [0, 0.05) is 22.1 Å². The van der Waals surface area contributed by atoms with Crippen molar-refractivity contribution in [1.82, 2.24) is 10.2 Å². The maximum absolute atomic E-state index is 13.9. The van der Waals surface area contributed by atoms with Crippen molar-refractivity contribution >= 4 is 55.1 Å². The van der Waals surface area contributed by atoms with Crippen molar-refractivity contribution in [3.05, 3.63) is 93.4 Å². The Morgan fingerprint density at radius 1 is 1.00 bits per heavy atom. The average Bonchev–Trinajstić information content (AvgIpc) is 2.89. The van der Waals surface area contributed by atoms with Crippen LogP contribution in [0.4, 0.5) is 5.69 Å². The molecule has 0 spiro atoms. The zero-order chi connectivity index (χ0) is 28.7. The van der Waals surface area contributed by atoms with Crippen LogP contribution in [0.15, 0.2) is 82.2 Å². The van der Waals surface area contributed by atoms with Crippen LogP contribution in [0.5, 0.6) is 0 Å². The minimum Gasteiger partial charge on any atom is -0.352 e. The predicted octanol–water partition coefficient (Wildman–Crippen LogP) is 5.94. The Bertz CT molecular complexity index is 1420. The number of carbonyl (C=O) groups excluding carboxylic acids is 2. The van der Waals surface area contributed by atoms with Crippen molar-refractivity contribution in [2.24, 2.45) is 0 Å². The number of hydrogen-bond acceptors (Lipinski definition) is 4. The molecule has 208 valence electrons. The van der Waals surface area contributed by atoms with E-state index < -0.39 is 28.5 Å². The molecule has 7 nitrogen and oxygen atoms in total. The largest absolute Gasteiger partial charge is 0.352 e. The van der Waals surface area contributed by atoms with E-state index >= 15 is 0 Å². The number of aryl methyl sites for hydroxylation is 1. The number of sulfonamides is 1. The highest BCUT2D eigenvalue weighted by atomic mass is 79.9. The van der Waals surface area contributed by atoms with E-state index in [1.807, 2.05) is 45.0 Å². The van der Waals surface area contributed by atoms with Crippen LogP contribution in [0.25, 0.3) is 0 Å². The van der Waals surface area contributed by atoms with Crippen LogP contribution in [-0.4, -0.2) is 43.8 Å². The van der Waals surface area contributed by atoms with Crippen LogP contribution in [0, 0.1) is 6.92 Å². The molecule has 0 radical (unpaired) electrons. The van der Waals surface area contributed by atoms with Gasteiger partial charge in [0.25, 0.3) is 10.0 Å². The van der Waals surface area contributed by atoms with Gasteiger partial charge in [0.05, 0.1) is 10.6 Å². The highest BCUT2D eigenvalue weighted by Crippen LogP contribution is 2.27. The van der Waals surface area contributed by atoms with Gasteiger partial charge in [-0.25, -0.2) is 8.42 Å². The minimum absolute atomic E-state index is 0.0435. The lowest BCUT2D eigenvalue weighted by Crippen LogP contribution is -2.52. The summed E-state index contributed by atoms with van der Waals surface area (Å²) in [6.07, 6.45) is 0.732. The molecular formula is C29H33BrClN3O4S.